The summed E-state index contributed by atoms with van der Waals surface area (Å²) in [6.45, 7) is 0. The minimum Gasteiger partial charge on any atom is -0.334 e. The first-order valence-electron chi connectivity index (χ1n) is 9.75. The zero-order chi connectivity index (χ0) is 22.0. The summed E-state index contributed by atoms with van der Waals surface area (Å²) < 4.78 is 34.2. The van der Waals surface area contributed by atoms with Gasteiger partial charge in [0.15, 0.2) is 0 Å². The molecule has 5 rings (SSSR count). The van der Waals surface area contributed by atoms with Gasteiger partial charge >= 0.3 is 0 Å². The molecular weight excluding hydrogens is 442 g/mol. The molecule has 2 heterocycles. The highest BCUT2D eigenvalue weighted by atomic mass is 32.2. The molecule has 0 radical (unpaired) electrons. The predicted molar refractivity (Wildman–Crippen MR) is 126 cm³/mol. The van der Waals surface area contributed by atoms with Gasteiger partial charge in [-0.25, -0.2) is 8.42 Å². The van der Waals surface area contributed by atoms with Crippen LogP contribution in [0.1, 0.15) is 0 Å². The van der Waals surface area contributed by atoms with Gasteiger partial charge < -0.3 is 4.52 Å². The fraction of sp³-hybridized carbons (Fsp3) is 0. The Morgan fingerprint density at radius 2 is 1.50 bits per heavy atom. The van der Waals surface area contributed by atoms with Gasteiger partial charge in [-0.3, -0.25) is 4.72 Å². The second-order valence-electron chi connectivity index (χ2n) is 6.94. The molecule has 32 heavy (non-hydrogen) atoms. The van der Waals surface area contributed by atoms with Crippen LogP contribution in [0.2, 0.25) is 0 Å². The van der Waals surface area contributed by atoms with Crippen LogP contribution in [-0.2, 0) is 10.0 Å². The first-order valence-corrected chi connectivity index (χ1v) is 12.1. The van der Waals surface area contributed by atoms with Gasteiger partial charge in [-0.2, -0.15) is 4.98 Å². The van der Waals surface area contributed by atoms with E-state index in [9.17, 15) is 8.42 Å². The Bertz CT molecular complexity index is 1440. The van der Waals surface area contributed by atoms with Gasteiger partial charge in [-0.1, -0.05) is 65.8 Å². The molecule has 0 atom stereocenters. The molecule has 0 fully saturated rings. The van der Waals surface area contributed by atoms with Crippen molar-refractivity contribution in [3.05, 3.63) is 96.4 Å². The summed E-state index contributed by atoms with van der Waals surface area (Å²) in [5.41, 5.74) is 2.83. The molecule has 0 unspecified atom stereocenters. The first-order chi connectivity index (χ1) is 15.6. The van der Waals surface area contributed by atoms with Crippen molar-refractivity contribution in [2.24, 2.45) is 0 Å². The molecule has 5 aromatic rings. The Balaban J connectivity index is 1.43. The normalized spacial score (nSPS) is 11.4. The van der Waals surface area contributed by atoms with Crippen molar-refractivity contribution >= 4 is 27.0 Å². The SMILES string of the molecule is O=S(=O)(Nc1ccccc1-c1nc(-c2cccs2)no1)c1ccc(-c2ccccc2)cc1. The molecule has 0 aliphatic carbocycles. The average Bonchev–Trinajstić information content (AvgIpc) is 3.52. The molecule has 0 bridgehead atoms. The van der Waals surface area contributed by atoms with Gasteiger partial charge in [0.2, 0.25) is 5.82 Å². The summed E-state index contributed by atoms with van der Waals surface area (Å²) in [6.07, 6.45) is 0. The number of hydrogen-bond donors (Lipinski definition) is 1. The van der Waals surface area contributed by atoms with Crippen LogP contribution in [-0.4, -0.2) is 18.6 Å². The molecule has 0 aliphatic rings. The summed E-state index contributed by atoms with van der Waals surface area (Å²) in [7, 11) is -3.82. The molecule has 158 valence electrons. The number of thiophene rings is 1. The molecular formula is C24H17N3O3S2. The van der Waals surface area contributed by atoms with Crippen molar-refractivity contribution in [2.45, 2.75) is 4.90 Å². The van der Waals surface area contributed by atoms with E-state index in [1.54, 1.807) is 48.5 Å². The molecule has 0 saturated heterocycles. The Kier molecular flexibility index (Phi) is 5.30. The molecule has 6 nitrogen and oxygen atoms in total. The van der Waals surface area contributed by atoms with Crippen LogP contribution < -0.4 is 4.72 Å². The van der Waals surface area contributed by atoms with Crippen LogP contribution in [0.15, 0.2) is 106 Å². The third-order valence-electron chi connectivity index (χ3n) is 4.84. The molecule has 1 N–H and O–H groups in total. The maximum atomic E-state index is 13.0. The summed E-state index contributed by atoms with van der Waals surface area (Å²) >= 11 is 1.50. The van der Waals surface area contributed by atoms with Crippen LogP contribution in [0.25, 0.3) is 33.3 Å². The van der Waals surface area contributed by atoms with Crippen molar-refractivity contribution < 1.29 is 12.9 Å². The monoisotopic (exact) mass is 459 g/mol. The Morgan fingerprint density at radius 3 is 2.25 bits per heavy atom. The summed E-state index contributed by atoms with van der Waals surface area (Å²) in [5, 5.41) is 5.94. The number of nitrogens with one attached hydrogen (secondary N) is 1. The van der Waals surface area contributed by atoms with E-state index in [1.807, 2.05) is 47.8 Å². The second-order valence-corrected chi connectivity index (χ2v) is 9.57. The smallest absolute Gasteiger partial charge is 0.261 e. The Labute approximate surface area is 189 Å². The van der Waals surface area contributed by atoms with Crippen molar-refractivity contribution in [1.29, 1.82) is 0 Å². The number of rotatable bonds is 6. The fourth-order valence-corrected chi connectivity index (χ4v) is 4.99. The van der Waals surface area contributed by atoms with E-state index in [0.717, 1.165) is 16.0 Å². The zero-order valence-corrected chi connectivity index (χ0v) is 18.3. The largest absolute Gasteiger partial charge is 0.334 e. The molecule has 2 aromatic heterocycles. The Morgan fingerprint density at radius 1 is 0.781 bits per heavy atom. The summed E-state index contributed by atoms with van der Waals surface area (Å²) in [6, 6.07) is 27.3. The molecule has 0 spiro atoms. The van der Waals surface area contributed by atoms with E-state index >= 15 is 0 Å². The van der Waals surface area contributed by atoms with Crippen molar-refractivity contribution in [1.82, 2.24) is 10.1 Å². The standard InChI is InChI=1S/C24H17N3O3S2/c28-32(29,19-14-12-18(13-15-19)17-7-2-1-3-8-17)27-21-10-5-4-9-20(21)24-25-23(26-30-24)22-11-6-16-31-22/h1-16,27H. The fourth-order valence-electron chi connectivity index (χ4n) is 3.26. The van der Waals surface area contributed by atoms with Crippen molar-refractivity contribution in [3.8, 4) is 33.3 Å². The lowest BCUT2D eigenvalue weighted by Crippen LogP contribution is -2.13. The number of sulfonamides is 1. The lowest BCUT2D eigenvalue weighted by Gasteiger charge is -2.11. The van der Waals surface area contributed by atoms with Crippen molar-refractivity contribution in [2.75, 3.05) is 4.72 Å². The highest BCUT2D eigenvalue weighted by Crippen LogP contribution is 2.31. The lowest BCUT2D eigenvalue weighted by atomic mass is 10.1. The summed E-state index contributed by atoms with van der Waals surface area (Å²) in [4.78, 5) is 5.46. The van der Waals surface area contributed by atoms with Crippen LogP contribution in [0.3, 0.4) is 0 Å². The van der Waals surface area contributed by atoms with E-state index in [0.29, 0.717) is 17.1 Å². The van der Waals surface area contributed by atoms with Gasteiger partial charge in [-0.05, 0) is 46.8 Å². The highest BCUT2D eigenvalue weighted by Gasteiger charge is 2.20. The van der Waals surface area contributed by atoms with Crippen LogP contribution in [0.5, 0.6) is 0 Å². The Hall–Kier alpha value is -3.75. The van der Waals surface area contributed by atoms with Crippen LogP contribution in [0, 0.1) is 0 Å². The average molecular weight is 460 g/mol. The number of benzene rings is 3. The maximum Gasteiger partial charge on any atom is 0.261 e. The highest BCUT2D eigenvalue weighted by molar-refractivity contribution is 7.92. The number of para-hydroxylation sites is 1. The van der Waals surface area contributed by atoms with E-state index in [4.69, 9.17) is 4.52 Å². The zero-order valence-electron chi connectivity index (χ0n) is 16.7. The third kappa shape index (κ3) is 4.05. The number of hydrogen-bond acceptors (Lipinski definition) is 6. The first kappa shape index (κ1) is 20.2. The van der Waals surface area contributed by atoms with E-state index in [1.165, 1.54) is 11.3 Å². The van der Waals surface area contributed by atoms with E-state index in [2.05, 4.69) is 14.9 Å². The summed E-state index contributed by atoms with van der Waals surface area (Å²) in [5.74, 6) is 0.704. The quantitative estimate of drug-likeness (QED) is 0.340. The lowest BCUT2D eigenvalue weighted by molar-refractivity contribution is 0.432. The van der Waals surface area contributed by atoms with Gasteiger partial charge in [0.25, 0.3) is 15.9 Å². The van der Waals surface area contributed by atoms with Crippen LogP contribution in [0.4, 0.5) is 5.69 Å². The van der Waals surface area contributed by atoms with Crippen LogP contribution >= 0.6 is 11.3 Å². The molecule has 3 aromatic carbocycles. The maximum absolute atomic E-state index is 13.0. The third-order valence-corrected chi connectivity index (χ3v) is 7.09. The number of anilines is 1. The topological polar surface area (TPSA) is 85.1 Å². The predicted octanol–water partition coefficient (Wildman–Crippen LogP) is 5.93. The minimum absolute atomic E-state index is 0.164. The van der Waals surface area contributed by atoms with Gasteiger partial charge in [-0.15, -0.1) is 11.3 Å². The molecule has 0 saturated carbocycles. The van der Waals surface area contributed by atoms with E-state index < -0.39 is 10.0 Å². The van der Waals surface area contributed by atoms with Crippen molar-refractivity contribution in [3.63, 3.8) is 0 Å². The van der Waals surface area contributed by atoms with E-state index in [-0.39, 0.29) is 10.8 Å². The van der Waals surface area contributed by atoms with Gasteiger partial charge in [0.05, 0.1) is 21.0 Å². The number of nitrogens with zero attached hydrogens (tertiary/aromatic N) is 2. The van der Waals surface area contributed by atoms with Gasteiger partial charge in [0.1, 0.15) is 0 Å². The molecule has 8 heteroatoms. The molecule has 0 aliphatic heterocycles. The minimum atomic E-state index is -3.82. The van der Waals surface area contributed by atoms with Gasteiger partial charge in [0, 0.05) is 0 Å². The second kappa shape index (κ2) is 8.41. The molecule has 0 amide bonds. The number of aromatic nitrogens is 2.